The van der Waals surface area contributed by atoms with Crippen LogP contribution in [0.5, 0.6) is 0 Å². The van der Waals surface area contributed by atoms with Gasteiger partial charge in [-0.25, -0.2) is 13.1 Å². The van der Waals surface area contributed by atoms with Crippen molar-refractivity contribution in [3.8, 4) is 0 Å². The van der Waals surface area contributed by atoms with Crippen LogP contribution in [-0.2, 0) is 10.0 Å². The Kier molecular flexibility index (Phi) is 4.88. The number of halogens is 1. The summed E-state index contributed by atoms with van der Waals surface area (Å²) in [7, 11) is -2.25. The van der Waals surface area contributed by atoms with E-state index in [-0.39, 0.29) is 15.6 Å². The number of nitrogens with one attached hydrogen (secondary N) is 2. The van der Waals surface area contributed by atoms with Gasteiger partial charge in [0.2, 0.25) is 10.0 Å². The molecule has 2 rings (SSSR count). The summed E-state index contributed by atoms with van der Waals surface area (Å²) in [4.78, 5) is 10.3. The molecule has 0 amide bonds. The zero-order chi connectivity index (χ0) is 17.2. The number of non-ortho nitro benzene ring substituents is 1. The number of nitro groups is 1. The molecule has 2 aromatic carbocycles. The molecule has 23 heavy (non-hydrogen) atoms. The molecule has 7 nitrogen and oxygen atoms in total. The van der Waals surface area contributed by atoms with Crippen molar-refractivity contribution >= 4 is 38.7 Å². The summed E-state index contributed by atoms with van der Waals surface area (Å²) in [5.74, 6) is 0. The van der Waals surface area contributed by atoms with E-state index >= 15 is 0 Å². The molecule has 0 unspecified atom stereocenters. The number of sulfonamides is 1. The van der Waals surface area contributed by atoms with E-state index in [1.807, 2.05) is 0 Å². The first-order valence-electron chi connectivity index (χ1n) is 6.50. The van der Waals surface area contributed by atoms with Crippen LogP contribution in [0.2, 0.25) is 5.02 Å². The zero-order valence-electron chi connectivity index (χ0n) is 12.3. The van der Waals surface area contributed by atoms with Gasteiger partial charge in [-0.1, -0.05) is 17.7 Å². The minimum Gasteiger partial charge on any atom is -0.354 e. The summed E-state index contributed by atoms with van der Waals surface area (Å²) in [5, 5.41) is 13.8. The van der Waals surface area contributed by atoms with Gasteiger partial charge in [-0.05, 0) is 37.7 Å². The van der Waals surface area contributed by atoms with Crippen LogP contribution in [0.15, 0.2) is 41.3 Å². The van der Waals surface area contributed by atoms with Gasteiger partial charge >= 0.3 is 0 Å². The Morgan fingerprint density at radius 2 is 1.87 bits per heavy atom. The van der Waals surface area contributed by atoms with Crippen molar-refractivity contribution in [3.63, 3.8) is 0 Å². The first-order chi connectivity index (χ1) is 10.7. The Hall–Kier alpha value is -2.16. The summed E-state index contributed by atoms with van der Waals surface area (Å²) in [6, 6.07) is 8.83. The first kappa shape index (κ1) is 17.2. The molecule has 0 aliphatic rings. The van der Waals surface area contributed by atoms with E-state index in [9.17, 15) is 18.5 Å². The predicted molar refractivity (Wildman–Crippen MR) is 88.8 cm³/mol. The standard InChI is InChI=1S/C14H14ClN3O4S/c1-9-3-4-10(7-14(9)23(21,22)16-2)17-13-6-5-11(18(19)20)8-12(13)15/h3-8,16-17H,1-2H3. The van der Waals surface area contributed by atoms with Crippen LogP contribution in [0.1, 0.15) is 5.56 Å². The molecule has 0 atom stereocenters. The summed E-state index contributed by atoms with van der Waals surface area (Å²) < 4.78 is 26.2. The Labute approximate surface area is 138 Å². The zero-order valence-corrected chi connectivity index (χ0v) is 13.9. The number of anilines is 2. The lowest BCUT2D eigenvalue weighted by Crippen LogP contribution is -2.19. The third-order valence-corrected chi connectivity index (χ3v) is 5.06. The lowest BCUT2D eigenvalue weighted by molar-refractivity contribution is -0.384. The van der Waals surface area contributed by atoms with Crippen molar-refractivity contribution in [1.82, 2.24) is 4.72 Å². The van der Waals surface area contributed by atoms with Gasteiger partial charge in [0, 0.05) is 17.8 Å². The Balaban J connectivity index is 2.38. The van der Waals surface area contributed by atoms with Gasteiger partial charge in [0.25, 0.3) is 5.69 Å². The molecule has 9 heteroatoms. The number of rotatable bonds is 5. The Morgan fingerprint density at radius 3 is 2.43 bits per heavy atom. The third-order valence-electron chi connectivity index (χ3n) is 3.19. The SMILES string of the molecule is CNS(=O)(=O)c1cc(Nc2ccc([N+](=O)[O-])cc2Cl)ccc1C. The minimum atomic E-state index is -3.58. The Bertz CT molecular complexity index is 868. The van der Waals surface area contributed by atoms with E-state index in [1.54, 1.807) is 19.1 Å². The number of nitrogens with zero attached hydrogens (tertiary/aromatic N) is 1. The van der Waals surface area contributed by atoms with E-state index in [2.05, 4.69) is 10.0 Å². The predicted octanol–water partition coefficient (Wildman–Crippen LogP) is 3.21. The van der Waals surface area contributed by atoms with Crippen LogP contribution >= 0.6 is 11.6 Å². The van der Waals surface area contributed by atoms with Gasteiger partial charge < -0.3 is 5.32 Å². The highest BCUT2D eigenvalue weighted by Crippen LogP contribution is 2.30. The van der Waals surface area contributed by atoms with Crippen LogP contribution in [0.3, 0.4) is 0 Å². The smallest absolute Gasteiger partial charge is 0.271 e. The van der Waals surface area contributed by atoms with Crippen molar-refractivity contribution in [2.45, 2.75) is 11.8 Å². The molecule has 0 radical (unpaired) electrons. The number of hydrogen-bond donors (Lipinski definition) is 2. The average molecular weight is 356 g/mol. The van der Waals surface area contributed by atoms with Crippen LogP contribution < -0.4 is 10.0 Å². The fourth-order valence-corrected chi connectivity index (χ4v) is 3.17. The van der Waals surface area contributed by atoms with Crippen molar-refractivity contribution in [2.24, 2.45) is 0 Å². The van der Waals surface area contributed by atoms with Gasteiger partial charge in [-0.15, -0.1) is 0 Å². The lowest BCUT2D eigenvalue weighted by Gasteiger charge is -2.12. The average Bonchev–Trinajstić information content (AvgIpc) is 2.50. The maximum Gasteiger partial charge on any atom is 0.271 e. The fraction of sp³-hybridized carbons (Fsp3) is 0.143. The van der Waals surface area contributed by atoms with E-state index < -0.39 is 14.9 Å². The maximum atomic E-state index is 12.0. The molecule has 0 aliphatic heterocycles. The second-order valence-electron chi connectivity index (χ2n) is 4.73. The highest BCUT2D eigenvalue weighted by atomic mass is 35.5. The third kappa shape index (κ3) is 3.79. The van der Waals surface area contributed by atoms with Crippen LogP contribution in [0.4, 0.5) is 17.1 Å². The quantitative estimate of drug-likeness (QED) is 0.633. The van der Waals surface area contributed by atoms with Crippen LogP contribution in [-0.4, -0.2) is 20.4 Å². The highest BCUT2D eigenvalue weighted by Gasteiger charge is 2.16. The van der Waals surface area contributed by atoms with Gasteiger partial charge in [-0.2, -0.15) is 0 Å². The lowest BCUT2D eigenvalue weighted by atomic mass is 10.2. The Morgan fingerprint density at radius 1 is 1.17 bits per heavy atom. The van der Waals surface area contributed by atoms with Gasteiger partial charge in [-0.3, -0.25) is 10.1 Å². The largest absolute Gasteiger partial charge is 0.354 e. The fourth-order valence-electron chi connectivity index (χ4n) is 1.95. The second kappa shape index (κ2) is 6.53. The molecule has 0 aromatic heterocycles. The molecular formula is C14H14ClN3O4S. The van der Waals surface area contributed by atoms with E-state index in [0.717, 1.165) is 0 Å². The number of aryl methyl sites for hydroxylation is 1. The topological polar surface area (TPSA) is 101 Å². The molecule has 0 fully saturated rings. The summed E-state index contributed by atoms with van der Waals surface area (Å²) in [5.41, 5.74) is 1.41. The molecule has 122 valence electrons. The summed E-state index contributed by atoms with van der Waals surface area (Å²) in [6.45, 7) is 1.69. The molecule has 2 N–H and O–H groups in total. The number of nitro benzene ring substituents is 1. The van der Waals surface area contributed by atoms with Crippen molar-refractivity contribution in [1.29, 1.82) is 0 Å². The summed E-state index contributed by atoms with van der Waals surface area (Å²) in [6.07, 6.45) is 0. The highest BCUT2D eigenvalue weighted by molar-refractivity contribution is 7.89. The van der Waals surface area contributed by atoms with Crippen molar-refractivity contribution in [3.05, 3.63) is 57.1 Å². The molecular weight excluding hydrogens is 342 g/mol. The first-order valence-corrected chi connectivity index (χ1v) is 8.36. The van der Waals surface area contributed by atoms with Crippen LogP contribution in [0.25, 0.3) is 0 Å². The maximum absolute atomic E-state index is 12.0. The van der Waals surface area contributed by atoms with Gasteiger partial charge in [0.15, 0.2) is 0 Å². The van der Waals surface area contributed by atoms with E-state index in [1.165, 1.54) is 31.3 Å². The molecule has 0 spiro atoms. The van der Waals surface area contributed by atoms with Gasteiger partial charge in [0.05, 0.1) is 20.5 Å². The summed E-state index contributed by atoms with van der Waals surface area (Å²) >= 11 is 6.01. The van der Waals surface area contributed by atoms with Crippen molar-refractivity contribution in [2.75, 3.05) is 12.4 Å². The monoisotopic (exact) mass is 355 g/mol. The van der Waals surface area contributed by atoms with Crippen molar-refractivity contribution < 1.29 is 13.3 Å². The van der Waals surface area contributed by atoms with Gasteiger partial charge in [0.1, 0.15) is 0 Å². The molecule has 0 heterocycles. The van der Waals surface area contributed by atoms with E-state index in [0.29, 0.717) is 16.9 Å². The van der Waals surface area contributed by atoms with E-state index in [4.69, 9.17) is 11.6 Å². The van der Waals surface area contributed by atoms with Crippen LogP contribution in [0, 0.1) is 17.0 Å². The number of hydrogen-bond acceptors (Lipinski definition) is 5. The second-order valence-corrected chi connectivity index (χ2v) is 7.00. The number of benzene rings is 2. The normalized spacial score (nSPS) is 11.3. The molecule has 0 saturated heterocycles. The molecule has 0 saturated carbocycles. The molecule has 0 bridgehead atoms. The molecule has 0 aliphatic carbocycles. The molecule has 2 aromatic rings. The minimum absolute atomic E-state index is 0.122.